The minimum Gasteiger partial charge on any atom is -0.449 e. The van der Waals surface area contributed by atoms with E-state index in [1.165, 1.54) is 31.2 Å². The van der Waals surface area contributed by atoms with Crippen molar-refractivity contribution in [3.8, 4) is 0 Å². The van der Waals surface area contributed by atoms with E-state index < -0.39 is 39.6 Å². The van der Waals surface area contributed by atoms with Crippen LogP contribution in [-0.4, -0.2) is 32.7 Å². The Kier molecular flexibility index (Phi) is 6.11. The van der Waals surface area contributed by atoms with Gasteiger partial charge in [0.2, 0.25) is 10.0 Å². The van der Waals surface area contributed by atoms with Crippen LogP contribution in [0.3, 0.4) is 0 Å². The lowest BCUT2D eigenvalue weighted by molar-refractivity contribution is -0.123. The molecule has 0 saturated carbocycles. The van der Waals surface area contributed by atoms with Crippen molar-refractivity contribution in [2.75, 3.05) is 16.3 Å². The van der Waals surface area contributed by atoms with Crippen molar-refractivity contribution in [3.05, 3.63) is 59.7 Å². The smallest absolute Gasteiger partial charge is 0.341 e. The number of carbonyl (C=O) groups excluding carboxylic acids is 2. The summed E-state index contributed by atoms with van der Waals surface area (Å²) in [6, 6.07) is 8.48. The van der Waals surface area contributed by atoms with E-state index in [2.05, 4.69) is 10.0 Å². The fourth-order valence-corrected chi connectivity index (χ4v) is 2.62. The van der Waals surface area contributed by atoms with E-state index in [1.807, 2.05) is 0 Å². The maximum Gasteiger partial charge on any atom is 0.341 e. The van der Waals surface area contributed by atoms with Crippen LogP contribution in [0, 0.1) is 11.6 Å². The fraction of sp³-hybridized carbons (Fsp3) is 0.176. The van der Waals surface area contributed by atoms with Gasteiger partial charge in [-0.05, 0) is 31.2 Å². The molecule has 10 heteroatoms. The maximum atomic E-state index is 13.2. The number of halogens is 2. The average molecular weight is 398 g/mol. The van der Waals surface area contributed by atoms with E-state index in [4.69, 9.17) is 4.74 Å². The average Bonchev–Trinajstić information content (AvgIpc) is 2.57. The molecule has 2 rings (SSSR count). The molecule has 0 radical (unpaired) electrons. The molecule has 2 N–H and O–H groups in total. The van der Waals surface area contributed by atoms with Gasteiger partial charge in [-0.25, -0.2) is 22.0 Å². The van der Waals surface area contributed by atoms with Gasteiger partial charge in [-0.2, -0.15) is 0 Å². The minimum absolute atomic E-state index is 0.00165. The number of hydrogen-bond acceptors (Lipinski definition) is 5. The summed E-state index contributed by atoms with van der Waals surface area (Å²) in [7, 11) is -3.63. The molecule has 0 bridgehead atoms. The van der Waals surface area contributed by atoms with Gasteiger partial charge >= 0.3 is 5.97 Å². The van der Waals surface area contributed by atoms with Crippen LogP contribution in [0.5, 0.6) is 0 Å². The highest BCUT2D eigenvalue weighted by Gasteiger charge is 2.22. The van der Waals surface area contributed by atoms with E-state index in [9.17, 15) is 26.8 Å². The van der Waals surface area contributed by atoms with Crippen molar-refractivity contribution in [2.45, 2.75) is 13.0 Å². The highest BCUT2D eigenvalue weighted by Crippen LogP contribution is 2.19. The zero-order valence-electron chi connectivity index (χ0n) is 14.3. The quantitative estimate of drug-likeness (QED) is 0.728. The Morgan fingerprint density at radius 2 is 1.74 bits per heavy atom. The van der Waals surface area contributed by atoms with Crippen LogP contribution in [-0.2, 0) is 19.6 Å². The summed E-state index contributed by atoms with van der Waals surface area (Å²) < 4.78 is 56.0. The Balaban J connectivity index is 2.09. The van der Waals surface area contributed by atoms with Crippen molar-refractivity contribution >= 4 is 33.3 Å². The number of benzene rings is 2. The largest absolute Gasteiger partial charge is 0.449 e. The molecule has 0 aromatic heterocycles. The van der Waals surface area contributed by atoms with Crippen LogP contribution in [0.2, 0.25) is 0 Å². The van der Waals surface area contributed by atoms with Gasteiger partial charge in [0.05, 0.1) is 17.5 Å². The molecule has 1 amide bonds. The Labute approximate surface area is 154 Å². The molecular weight excluding hydrogens is 382 g/mol. The van der Waals surface area contributed by atoms with Crippen LogP contribution in [0.25, 0.3) is 0 Å². The molecule has 0 aliphatic rings. The van der Waals surface area contributed by atoms with Gasteiger partial charge in [0, 0.05) is 11.8 Å². The molecule has 144 valence electrons. The van der Waals surface area contributed by atoms with Gasteiger partial charge in [-0.1, -0.05) is 12.1 Å². The number of esters is 1. The molecule has 7 nitrogen and oxygen atoms in total. The summed E-state index contributed by atoms with van der Waals surface area (Å²) in [4.78, 5) is 24.3. The van der Waals surface area contributed by atoms with Crippen LogP contribution in [0.4, 0.5) is 20.2 Å². The normalized spacial score (nSPS) is 12.1. The van der Waals surface area contributed by atoms with Gasteiger partial charge in [0.25, 0.3) is 5.91 Å². The minimum atomic E-state index is -3.63. The molecular formula is C17H16F2N2O5S. The number of ether oxygens (including phenoxy) is 1. The summed E-state index contributed by atoms with van der Waals surface area (Å²) in [6.45, 7) is 1.28. The zero-order chi connectivity index (χ0) is 20.2. The van der Waals surface area contributed by atoms with E-state index in [1.54, 1.807) is 0 Å². The lowest BCUT2D eigenvalue weighted by Gasteiger charge is -2.15. The molecule has 0 aliphatic carbocycles. The lowest BCUT2D eigenvalue weighted by Crippen LogP contribution is -2.30. The standard InChI is InChI=1S/C17H16F2N2O5S/c1-10(16(22)20-11-7-8-13(18)14(19)9-11)26-17(23)12-5-3-4-6-15(12)21-27(2,24)25/h3-10,21H,1-2H3,(H,20,22)/t10-/m1/s1. The number of carbonyl (C=O) groups is 2. The predicted molar refractivity (Wildman–Crippen MR) is 94.8 cm³/mol. The summed E-state index contributed by atoms with van der Waals surface area (Å²) in [5.41, 5.74) is -0.102. The molecule has 0 unspecified atom stereocenters. The van der Waals surface area contributed by atoms with E-state index in [-0.39, 0.29) is 16.9 Å². The molecule has 0 spiro atoms. The van der Waals surface area contributed by atoms with Crippen molar-refractivity contribution < 1.29 is 31.5 Å². The molecule has 0 fully saturated rings. The Morgan fingerprint density at radius 1 is 1.07 bits per heavy atom. The maximum absolute atomic E-state index is 13.2. The predicted octanol–water partition coefficient (Wildman–Crippen LogP) is 2.52. The first-order valence-electron chi connectivity index (χ1n) is 7.60. The van der Waals surface area contributed by atoms with Crippen molar-refractivity contribution in [3.63, 3.8) is 0 Å². The molecule has 2 aromatic rings. The van der Waals surface area contributed by atoms with E-state index >= 15 is 0 Å². The topological polar surface area (TPSA) is 102 Å². The first kappa shape index (κ1) is 20.3. The monoisotopic (exact) mass is 398 g/mol. The van der Waals surface area contributed by atoms with Gasteiger partial charge in [0.15, 0.2) is 17.7 Å². The third kappa shape index (κ3) is 5.74. The number of nitrogens with one attached hydrogen (secondary N) is 2. The van der Waals surface area contributed by atoms with Crippen LogP contribution in [0.15, 0.2) is 42.5 Å². The summed E-state index contributed by atoms with van der Waals surface area (Å²) in [6.07, 6.45) is -0.357. The second kappa shape index (κ2) is 8.12. The summed E-state index contributed by atoms with van der Waals surface area (Å²) in [5.74, 6) is -3.92. The molecule has 1 atom stereocenters. The number of amides is 1. The Bertz CT molecular complexity index is 979. The second-order valence-corrected chi connectivity index (χ2v) is 7.33. The number of hydrogen-bond donors (Lipinski definition) is 2. The van der Waals surface area contributed by atoms with Crippen molar-refractivity contribution in [2.24, 2.45) is 0 Å². The van der Waals surface area contributed by atoms with Crippen molar-refractivity contribution in [1.82, 2.24) is 0 Å². The highest BCUT2D eigenvalue weighted by atomic mass is 32.2. The van der Waals surface area contributed by atoms with Gasteiger partial charge in [-0.15, -0.1) is 0 Å². The first-order valence-corrected chi connectivity index (χ1v) is 9.49. The molecule has 0 aliphatic heterocycles. The lowest BCUT2D eigenvalue weighted by atomic mass is 10.2. The number of rotatable bonds is 6. The third-order valence-corrected chi connectivity index (χ3v) is 3.87. The van der Waals surface area contributed by atoms with E-state index in [0.29, 0.717) is 0 Å². The van der Waals surface area contributed by atoms with Gasteiger partial charge in [-0.3, -0.25) is 9.52 Å². The Hall–Kier alpha value is -3.01. The van der Waals surface area contributed by atoms with Gasteiger partial charge in [0.1, 0.15) is 0 Å². The number of sulfonamides is 1. The zero-order valence-corrected chi connectivity index (χ0v) is 15.1. The molecule has 27 heavy (non-hydrogen) atoms. The van der Waals surface area contributed by atoms with Crippen LogP contribution < -0.4 is 10.0 Å². The molecule has 2 aromatic carbocycles. The fourth-order valence-electron chi connectivity index (χ4n) is 2.05. The summed E-state index contributed by atoms with van der Waals surface area (Å²) in [5, 5.41) is 2.29. The SMILES string of the molecule is C[C@@H](OC(=O)c1ccccc1NS(C)(=O)=O)C(=O)Nc1ccc(F)c(F)c1. The highest BCUT2D eigenvalue weighted by molar-refractivity contribution is 7.92. The molecule has 0 saturated heterocycles. The second-order valence-electron chi connectivity index (χ2n) is 5.59. The third-order valence-electron chi connectivity index (χ3n) is 3.28. The molecule has 0 heterocycles. The number of para-hydroxylation sites is 1. The van der Waals surface area contributed by atoms with Crippen LogP contribution in [0.1, 0.15) is 17.3 Å². The first-order chi connectivity index (χ1) is 12.6. The van der Waals surface area contributed by atoms with Crippen LogP contribution >= 0.6 is 0 Å². The Morgan fingerprint density at radius 3 is 2.37 bits per heavy atom. The number of anilines is 2. The van der Waals surface area contributed by atoms with Crippen molar-refractivity contribution in [1.29, 1.82) is 0 Å². The summed E-state index contributed by atoms with van der Waals surface area (Å²) >= 11 is 0. The van der Waals surface area contributed by atoms with Gasteiger partial charge < -0.3 is 10.1 Å². The van der Waals surface area contributed by atoms with E-state index in [0.717, 1.165) is 24.5 Å².